The second-order valence-electron chi connectivity index (χ2n) is 18.9. The minimum Gasteiger partial charge on any atom is -0.481 e. The summed E-state index contributed by atoms with van der Waals surface area (Å²) in [5, 5.41) is 10.5. The maximum Gasteiger partial charge on any atom is 0.329 e. The zero-order valence-corrected chi connectivity index (χ0v) is 42.4. The highest BCUT2D eigenvalue weighted by Crippen LogP contribution is 2.39. The molecule has 19 heteroatoms. The fourth-order valence-corrected chi connectivity index (χ4v) is 9.53. The van der Waals surface area contributed by atoms with Gasteiger partial charge in [-0.3, -0.25) is 42.8 Å². The van der Waals surface area contributed by atoms with Gasteiger partial charge in [0.05, 0.1) is 93.6 Å². The van der Waals surface area contributed by atoms with Gasteiger partial charge in [-0.2, -0.15) is 0 Å². The number of aliphatic carboxylic acids is 1. The van der Waals surface area contributed by atoms with E-state index in [-0.39, 0.29) is 41.9 Å². The Kier molecular flexibility index (Phi) is 21.4. The number of aromatic nitrogens is 2. The molecule has 3 aliphatic rings. The number of carbonyl (C=O) groups excluding carboxylic acids is 5. The minimum atomic E-state index is -0.833. The molecule has 0 spiro atoms. The lowest BCUT2D eigenvalue weighted by Gasteiger charge is -2.30. The summed E-state index contributed by atoms with van der Waals surface area (Å²) in [6, 6.07) is 17.4. The summed E-state index contributed by atoms with van der Waals surface area (Å²) in [4.78, 5) is 86.9. The molecule has 5 atom stereocenters. The number of aryl methyl sites for hydroxylation is 4. The molecular formula is C54H72N6O13. The highest BCUT2D eigenvalue weighted by atomic mass is 16.6. The number of hydrogen-bond donors (Lipinski definition) is 4. The first kappa shape index (κ1) is 56.2. The van der Waals surface area contributed by atoms with Crippen LogP contribution in [0.5, 0.6) is 0 Å². The Morgan fingerprint density at radius 3 is 2.00 bits per heavy atom. The number of ketones is 2. The molecule has 0 bridgehead atoms. The lowest BCUT2D eigenvalue weighted by molar-refractivity contribution is -0.135. The monoisotopic (exact) mass is 1010 g/mol. The first-order valence-corrected chi connectivity index (χ1v) is 25.3. The summed E-state index contributed by atoms with van der Waals surface area (Å²) < 4.78 is 32.1. The minimum absolute atomic E-state index is 0.0654. The fraction of sp³-hybridized carbons (Fsp3) is 0.537. The molecule has 1 fully saturated rings. The van der Waals surface area contributed by atoms with E-state index in [4.69, 9.17) is 45.1 Å². The van der Waals surface area contributed by atoms with E-state index in [0.29, 0.717) is 104 Å². The van der Waals surface area contributed by atoms with E-state index in [0.717, 1.165) is 66.1 Å². The predicted octanol–water partition coefficient (Wildman–Crippen LogP) is 3.81. The Bertz CT molecular complexity index is 2590. The van der Waals surface area contributed by atoms with Crippen molar-refractivity contribution in [2.45, 2.75) is 128 Å². The molecule has 73 heavy (non-hydrogen) atoms. The van der Waals surface area contributed by atoms with Crippen molar-refractivity contribution in [3.05, 3.63) is 99.0 Å². The van der Waals surface area contributed by atoms with Gasteiger partial charge in [-0.15, -0.1) is 0 Å². The molecule has 396 valence electrons. The third kappa shape index (κ3) is 16.0. The molecule has 1 unspecified atom stereocenters. The number of carbonyl (C=O) groups is 6. The second kappa shape index (κ2) is 27.8. The van der Waals surface area contributed by atoms with Crippen LogP contribution in [0.15, 0.2) is 65.5 Å². The van der Waals surface area contributed by atoms with E-state index < -0.39 is 42.1 Å². The predicted molar refractivity (Wildman–Crippen MR) is 272 cm³/mol. The van der Waals surface area contributed by atoms with Crippen LogP contribution in [0.3, 0.4) is 0 Å². The lowest BCUT2D eigenvalue weighted by Crippen LogP contribution is -2.55. The topological polar surface area (TPSA) is 263 Å². The number of para-hydroxylation sites is 1. The van der Waals surface area contributed by atoms with E-state index in [1.165, 1.54) is 5.56 Å². The number of ether oxygens (including phenoxy) is 5. The largest absolute Gasteiger partial charge is 0.481 e. The molecule has 1 aromatic heterocycles. The van der Waals surface area contributed by atoms with Gasteiger partial charge in [-0.25, -0.2) is 4.79 Å². The van der Waals surface area contributed by atoms with Gasteiger partial charge in [0.15, 0.2) is 5.78 Å². The highest BCUT2D eigenvalue weighted by Gasteiger charge is 2.43. The Morgan fingerprint density at radius 1 is 0.781 bits per heavy atom. The van der Waals surface area contributed by atoms with Crippen molar-refractivity contribution in [3.63, 3.8) is 0 Å². The number of hydrogen-bond acceptors (Lipinski definition) is 13. The average Bonchev–Trinajstić information content (AvgIpc) is 3.83. The number of primary amides is 1. The molecule has 6 N–H and O–H groups in total. The van der Waals surface area contributed by atoms with Gasteiger partial charge in [-0.1, -0.05) is 48.5 Å². The van der Waals surface area contributed by atoms with Gasteiger partial charge < -0.3 is 45.6 Å². The van der Waals surface area contributed by atoms with Gasteiger partial charge in [0.1, 0.15) is 11.8 Å². The summed E-state index contributed by atoms with van der Waals surface area (Å²) in [6.07, 6.45) is 5.39. The van der Waals surface area contributed by atoms with E-state index in [1.54, 1.807) is 21.1 Å². The third-order valence-electron chi connectivity index (χ3n) is 13.4. The molecule has 1 aliphatic carbocycles. The van der Waals surface area contributed by atoms with Crippen molar-refractivity contribution < 1.29 is 57.6 Å². The van der Waals surface area contributed by atoms with Crippen molar-refractivity contribution in [2.75, 3.05) is 57.8 Å². The number of fused-ring (bicyclic) bond motifs is 1. The molecule has 3 aromatic carbocycles. The van der Waals surface area contributed by atoms with Gasteiger partial charge in [0.25, 0.3) is 5.97 Å². The van der Waals surface area contributed by atoms with Crippen molar-refractivity contribution in [1.29, 1.82) is 0 Å². The van der Waals surface area contributed by atoms with E-state index in [9.17, 15) is 28.8 Å². The molecule has 4 aromatic rings. The quantitative estimate of drug-likeness (QED) is 0.0489. The van der Waals surface area contributed by atoms with Crippen molar-refractivity contribution >= 4 is 52.0 Å². The lowest BCUT2D eigenvalue weighted by atomic mass is 9.92. The van der Waals surface area contributed by atoms with Crippen LogP contribution in [0.25, 0.3) is 11.0 Å². The van der Waals surface area contributed by atoms with E-state index in [1.807, 2.05) is 55.5 Å². The number of amides is 3. The maximum atomic E-state index is 13.8. The number of nitrogens with one attached hydrogen (secondary N) is 1. The molecule has 7 rings (SSSR count). The van der Waals surface area contributed by atoms with Crippen LogP contribution in [0, 0.1) is 0 Å². The Balaban J connectivity index is 0.00000209. The standard InChI is InChI=1S/C52H68N6O11.C2H4O2/c1-34(42(18-21-48(54)61)55-50(62)46-31-39-9-3-8-38-15-17-41(53)51(63)58(46)49(38)39)69-33-37-12-10-35(11-13-37)6-4-22-65-24-26-67-28-29-68-27-25-66-23-5-7-36-14-19-43-45(30-36)56(2)52(64)57(43)44-20-16-40(59)32-47(44)60;1-2(3)4/h3,8-14,19,30,34,41-42,44,46H,4-7,15-18,20-29,31-33,53H2,1-2H3,(H2,54,61)(H,55,62);1H3,(H,3,4)/t34-,41+,42+,44?,46+;/m1./s1. The number of anilines is 1. The number of imidazole rings is 1. The Hall–Kier alpha value is -6.09. The number of benzene rings is 3. The van der Waals surface area contributed by atoms with Crippen molar-refractivity contribution in [1.82, 2.24) is 14.5 Å². The Morgan fingerprint density at radius 2 is 1.37 bits per heavy atom. The highest BCUT2D eigenvalue weighted by molar-refractivity contribution is 6.07. The molecule has 0 radical (unpaired) electrons. The van der Waals surface area contributed by atoms with Crippen molar-refractivity contribution in [3.8, 4) is 0 Å². The number of carboxylic acid groups (broad SMARTS) is 1. The van der Waals surface area contributed by atoms with Crippen LogP contribution in [-0.2, 0) is 91.8 Å². The van der Waals surface area contributed by atoms with Crippen LogP contribution in [0.2, 0.25) is 0 Å². The van der Waals surface area contributed by atoms with Gasteiger partial charge in [0, 0.05) is 46.4 Å². The molecule has 0 saturated heterocycles. The normalized spacial score (nSPS) is 18.2. The summed E-state index contributed by atoms with van der Waals surface area (Å²) in [5.74, 6) is -2.13. The fourth-order valence-electron chi connectivity index (χ4n) is 9.53. The summed E-state index contributed by atoms with van der Waals surface area (Å²) >= 11 is 0. The van der Waals surface area contributed by atoms with Gasteiger partial charge >= 0.3 is 5.69 Å². The van der Waals surface area contributed by atoms with Crippen LogP contribution in [-0.4, -0.2) is 127 Å². The van der Waals surface area contributed by atoms with Crippen LogP contribution >= 0.6 is 0 Å². The van der Waals surface area contributed by atoms with Crippen LogP contribution in [0.4, 0.5) is 5.69 Å². The van der Waals surface area contributed by atoms with E-state index >= 15 is 0 Å². The maximum absolute atomic E-state index is 13.8. The SMILES string of the molecule is CC(=O)O.C[C@@H](OCc1ccc(CCCOCCOCCOCCOCCCc2ccc3c(c2)n(C)c(=O)n3C2CCC(=O)CC2=O)cc1)[C@H](CCC(N)=O)NC(=O)[C@@H]1Cc2cccc3c2N1C(=O)[C@@H](N)CC3. The molecule has 1 saturated carbocycles. The number of nitrogens with two attached hydrogens (primary N) is 2. The molecule has 19 nitrogen and oxygen atoms in total. The second-order valence-corrected chi connectivity index (χ2v) is 18.9. The zero-order valence-electron chi connectivity index (χ0n) is 42.4. The third-order valence-corrected chi connectivity index (χ3v) is 13.4. The summed E-state index contributed by atoms with van der Waals surface area (Å²) in [7, 11) is 1.71. The Labute approximate surface area is 425 Å². The first-order valence-electron chi connectivity index (χ1n) is 25.3. The number of rotatable bonds is 27. The summed E-state index contributed by atoms with van der Waals surface area (Å²) in [5.41, 5.74) is 19.0. The molecule has 3 heterocycles. The molecule has 3 amide bonds. The number of Topliss-reactive ketones (excluding diaryl/α,β-unsaturated/α-hetero) is 2. The molecular weight excluding hydrogens is 941 g/mol. The van der Waals surface area contributed by atoms with Crippen molar-refractivity contribution in [2.24, 2.45) is 18.5 Å². The summed E-state index contributed by atoms with van der Waals surface area (Å²) in [6.45, 7) is 7.30. The first-order chi connectivity index (χ1) is 35.1. The molecule has 2 aliphatic heterocycles. The van der Waals surface area contributed by atoms with Crippen LogP contribution < -0.4 is 27.4 Å². The van der Waals surface area contributed by atoms with Crippen LogP contribution in [0.1, 0.15) is 99.1 Å². The van der Waals surface area contributed by atoms with Gasteiger partial charge in [0.2, 0.25) is 17.7 Å². The average molecular weight is 1010 g/mol. The van der Waals surface area contributed by atoms with E-state index in [2.05, 4.69) is 17.4 Å². The van der Waals surface area contributed by atoms with Gasteiger partial charge in [-0.05, 0) is 98.2 Å². The number of carboxylic acids is 1. The zero-order chi connectivity index (χ0) is 52.4. The smallest absolute Gasteiger partial charge is 0.329 e. The number of nitrogens with zero attached hydrogens (tertiary/aromatic N) is 3.